The van der Waals surface area contributed by atoms with Crippen molar-refractivity contribution in [3.8, 4) is 11.5 Å². The Kier molecular flexibility index (Phi) is 7.80. The zero-order valence-electron chi connectivity index (χ0n) is 16.3. The lowest BCUT2D eigenvalue weighted by Crippen LogP contribution is -2.38. The maximum atomic E-state index is 13.8. The fourth-order valence-electron chi connectivity index (χ4n) is 2.73. The van der Waals surface area contributed by atoms with Gasteiger partial charge in [0.25, 0.3) is 0 Å². The summed E-state index contributed by atoms with van der Waals surface area (Å²) in [5, 5.41) is 2.75. The van der Waals surface area contributed by atoms with Gasteiger partial charge in [0.05, 0.1) is 20.8 Å². The van der Waals surface area contributed by atoms with Crippen LogP contribution in [0.3, 0.4) is 0 Å². The molecule has 0 radical (unpaired) electrons. The first-order valence-corrected chi connectivity index (χ1v) is 9.01. The Hall–Kier alpha value is -3.09. The minimum atomic E-state index is -0.461. The molecule has 0 aliphatic rings. The van der Waals surface area contributed by atoms with Crippen LogP contribution in [0.2, 0.25) is 0 Å². The molecule has 0 fully saturated rings. The summed E-state index contributed by atoms with van der Waals surface area (Å²) in [6.45, 7) is 2.16. The minimum absolute atomic E-state index is 0.0521. The molecule has 0 unspecified atom stereocenters. The summed E-state index contributed by atoms with van der Waals surface area (Å²) >= 11 is 0. The van der Waals surface area contributed by atoms with E-state index in [2.05, 4.69) is 5.32 Å². The van der Waals surface area contributed by atoms with Crippen molar-refractivity contribution in [2.24, 2.45) is 0 Å². The maximum Gasteiger partial charge on any atom is 0.243 e. The summed E-state index contributed by atoms with van der Waals surface area (Å²) in [7, 11) is 2.95. The Morgan fingerprint density at radius 2 is 1.89 bits per heavy atom. The number of carbonyl (C=O) groups is 2. The number of methoxy groups -OCH3 is 2. The molecule has 150 valence electrons. The van der Waals surface area contributed by atoms with Gasteiger partial charge in [-0.25, -0.2) is 4.39 Å². The Bertz CT molecular complexity index is 826. The number of ether oxygens (including phenoxy) is 2. The second kappa shape index (κ2) is 10.3. The molecular formula is C21H25FN2O4. The van der Waals surface area contributed by atoms with Crippen LogP contribution in [0.15, 0.2) is 42.5 Å². The number of likely N-dealkylation sites (N-methyl/N-ethyl adjacent to an activating group) is 1. The first kappa shape index (κ1) is 21.2. The van der Waals surface area contributed by atoms with Gasteiger partial charge < -0.3 is 19.7 Å². The number of amides is 2. The van der Waals surface area contributed by atoms with Crippen molar-refractivity contribution >= 4 is 17.5 Å². The molecule has 2 aromatic rings. The van der Waals surface area contributed by atoms with E-state index in [-0.39, 0.29) is 30.5 Å². The highest BCUT2D eigenvalue weighted by molar-refractivity contribution is 5.94. The largest absolute Gasteiger partial charge is 0.497 e. The van der Waals surface area contributed by atoms with Crippen LogP contribution in [-0.2, 0) is 16.0 Å². The smallest absolute Gasteiger partial charge is 0.243 e. The topological polar surface area (TPSA) is 67.9 Å². The van der Waals surface area contributed by atoms with E-state index >= 15 is 0 Å². The van der Waals surface area contributed by atoms with E-state index < -0.39 is 5.82 Å². The normalized spacial score (nSPS) is 10.3. The molecule has 2 amide bonds. The van der Waals surface area contributed by atoms with Crippen LogP contribution >= 0.6 is 0 Å². The van der Waals surface area contributed by atoms with E-state index in [1.165, 1.54) is 24.1 Å². The predicted octanol–water partition coefficient (Wildman–Crippen LogP) is 3.26. The molecule has 2 aromatic carbocycles. The standard InChI is InChI=1S/C21H25FN2O4/c1-4-24(14-20(25)23-16-6-5-7-17(13-16)27-2)21(26)11-9-15-8-10-19(28-3)18(22)12-15/h5-8,10,12-13H,4,9,11,14H2,1-3H3,(H,23,25). The van der Waals surface area contributed by atoms with Gasteiger partial charge in [0.2, 0.25) is 11.8 Å². The van der Waals surface area contributed by atoms with Gasteiger partial charge in [-0.1, -0.05) is 12.1 Å². The Morgan fingerprint density at radius 3 is 2.54 bits per heavy atom. The lowest BCUT2D eigenvalue weighted by atomic mass is 10.1. The van der Waals surface area contributed by atoms with Crippen molar-refractivity contribution in [3.63, 3.8) is 0 Å². The summed E-state index contributed by atoms with van der Waals surface area (Å²) in [5.41, 5.74) is 1.30. The summed E-state index contributed by atoms with van der Waals surface area (Å²) in [4.78, 5) is 26.2. The van der Waals surface area contributed by atoms with Gasteiger partial charge in [-0.15, -0.1) is 0 Å². The van der Waals surface area contributed by atoms with Gasteiger partial charge in [-0.2, -0.15) is 0 Å². The molecular weight excluding hydrogens is 363 g/mol. The average Bonchev–Trinajstić information content (AvgIpc) is 2.70. The number of nitrogens with one attached hydrogen (secondary N) is 1. The number of halogens is 1. The van der Waals surface area contributed by atoms with E-state index in [1.807, 2.05) is 6.92 Å². The molecule has 28 heavy (non-hydrogen) atoms. The number of anilines is 1. The number of hydrogen-bond donors (Lipinski definition) is 1. The van der Waals surface area contributed by atoms with Crippen LogP contribution in [-0.4, -0.2) is 44.0 Å². The maximum absolute atomic E-state index is 13.8. The second-order valence-corrected chi connectivity index (χ2v) is 6.16. The zero-order chi connectivity index (χ0) is 20.5. The third-order valence-electron chi connectivity index (χ3n) is 4.27. The van der Waals surface area contributed by atoms with E-state index in [0.29, 0.717) is 30.0 Å². The average molecular weight is 388 g/mol. The highest BCUT2D eigenvalue weighted by atomic mass is 19.1. The van der Waals surface area contributed by atoms with Gasteiger partial charge in [0.15, 0.2) is 11.6 Å². The van der Waals surface area contributed by atoms with Crippen molar-refractivity contribution in [3.05, 3.63) is 53.8 Å². The van der Waals surface area contributed by atoms with Gasteiger partial charge in [0.1, 0.15) is 5.75 Å². The fraction of sp³-hybridized carbons (Fsp3) is 0.333. The number of aryl methyl sites for hydroxylation is 1. The minimum Gasteiger partial charge on any atom is -0.497 e. The second-order valence-electron chi connectivity index (χ2n) is 6.16. The van der Waals surface area contributed by atoms with Crippen LogP contribution in [0.5, 0.6) is 11.5 Å². The van der Waals surface area contributed by atoms with Crippen LogP contribution in [0, 0.1) is 5.82 Å². The molecule has 0 saturated heterocycles. The molecule has 0 aromatic heterocycles. The molecule has 7 heteroatoms. The van der Waals surface area contributed by atoms with E-state index in [1.54, 1.807) is 37.4 Å². The SMILES string of the molecule is CCN(CC(=O)Nc1cccc(OC)c1)C(=O)CCc1ccc(OC)c(F)c1. The van der Waals surface area contributed by atoms with Crippen molar-refractivity contribution in [2.75, 3.05) is 32.6 Å². The summed E-state index contributed by atoms with van der Waals surface area (Å²) < 4.78 is 23.8. The first-order chi connectivity index (χ1) is 13.5. The molecule has 0 atom stereocenters. The van der Waals surface area contributed by atoms with Gasteiger partial charge in [-0.05, 0) is 43.2 Å². The molecule has 1 N–H and O–H groups in total. The molecule has 0 saturated carbocycles. The number of hydrogen-bond acceptors (Lipinski definition) is 4. The van der Waals surface area contributed by atoms with Gasteiger partial charge >= 0.3 is 0 Å². The third-order valence-corrected chi connectivity index (χ3v) is 4.27. The number of benzene rings is 2. The van der Waals surface area contributed by atoms with Crippen molar-refractivity contribution in [1.82, 2.24) is 4.90 Å². The van der Waals surface area contributed by atoms with Gasteiger partial charge in [-0.3, -0.25) is 9.59 Å². The van der Waals surface area contributed by atoms with Gasteiger partial charge in [0, 0.05) is 24.7 Å². The molecule has 6 nitrogen and oxygen atoms in total. The summed E-state index contributed by atoms with van der Waals surface area (Å²) in [6, 6.07) is 11.6. The Labute approximate surface area is 164 Å². The quantitative estimate of drug-likeness (QED) is 0.716. The fourth-order valence-corrected chi connectivity index (χ4v) is 2.73. The van der Waals surface area contributed by atoms with Crippen molar-refractivity contribution in [2.45, 2.75) is 19.8 Å². The molecule has 0 heterocycles. The van der Waals surface area contributed by atoms with E-state index in [4.69, 9.17) is 9.47 Å². The van der Waals surface area contributed by atoms with Crippen molar-refractivity contribution < 1.29 is 23.5 Å². The Morgan fingerprint density at radius 1 is 1.11 bits per heavy atom. The highest BCUT2D eigenvalue weighted by Crippen LogP contribution is 2.19. The van der Waals surface area contributed by atoms with Crippen molar-refractivity contribution in [1.29, 1.82) is 0 Å². The van der Waals surface area contributed by atoms with E-state index in [0.717, 1.165) is 0 Å². The predicted molar refractivity (Wildman–Crippen MR) is 105 cm³/mol. The van der Waals surface area contributed by atoms with E-state index in [9.17, 15) is 14.0 Å². The number of rotatable bonds is 9. The highest BCUT2D eigenvalue weighted by Gasteiger charge is 2.16. The molecule has 0 aliphatic heterocycles. The van der Waals surface area contributed by atoms with Crippen LogP contribution in [0.4, 0.5) is 10.1 Å². The van der Waals surface area contributed by atoms with Crippen LogP contribution in [0.1, 0.15) is 18.9 Å². The molecule has 0 bridgehead atoms. The molecule has 0 aliphatic carbocycles. The Balaban J connectivity index is 1.89. The molecule has 2 rings (SSSR count). The first-order valence-electron chi connectivity index (χ1n) is 9.01. The summed E-state index contributed by atoms with van der Waals surface area (Å²) in [6.07, 6.45) is 0.569. The zero-order valence-corrected chi connectivity index (χ0v) is 16.3. The van der Waals surface area contributed by atoms with Crippen LogP contribution < -0.4 is 14.8 Å². The molecule has 0 spiro atoms. The lowest BCUT2D eigenvalue weighted by molar-refractivity contribution is -0.134. The third kappa shape index (κ3) is 5.97. The number of carbonyl (C=O) groups excluding carboxylic acids is 2. The monoisotopic (exact) mass is 388 g/mol. The summed E-state index contributed by atoms with van der Waals surface area (Å²) in [5.74, 6) is -0.122. The number of nitrogens with zero attached hydrogens (tertiary/aromatic N) is 1. The lowest BCUT2D eigenvalue weighted by Gasteiger charge is -2.20. The van der Waals surface area contributed by atoms with Crippen LogP contribution in [0.25, 0.3) is 0 Å².